The number of aromatic nitrogens is 3. The minimum Gasteiger partial charge on any atom is -0.450 e. The molecule has 0 atom stereocenters. The molecule has 0 radical (unpaired) electrons. The number of hydrogen-bond acceptors (Lipinski definition) is 8. The molecule has 0 bridgehead atoms. The second-order valence-corrected chi connectivity index (χ2v) is 10.6. The van der Waals surface area contributed by atoms with Crippen molar-refractivity contribution >= 4 is 49.5 Å². The molecule has 3 aromatic heterocycles. The average molecular weight is 620 g/mol. The molecule has 9 nitrogen and oxygen atoms in total. The van der Waals surface area contributed by atoms with Gasteiger partial charge in [0, 0.05) is 35.7 Å². The molecule has 0 aliphatic carbocycles. The van der Waals surface area contributed by atoms with Crippen LogP contribution in [0.4, 0.5) is 20.3 Å². The van der Waals surface area contributed by atoms with Crippen LogP contribution >= 0.6 is 15.9 Å². The maximum absolute atomic E-state index is 13.1. The van der Waals surface area contributed by atoms with Gasteiger partial charge in [-0.25, -0.2) is 18.7 Å². The highest BCUT2D eigenvalue weighted by atomic mass is 79.9. The number of furan rings is 1. The molecule has 3 saturated heterocycles. The fraction of sp³-hybridized carbons (Fsp3) is 0.464. The van der Waals surface area contributed by atoms with Crippen LogP contribution in [-0.2, 0) is 9.47 Å². The van der Waals surface area contributed by atoms with E-state index < -0.39 is 12.2 Å². The molecule has 7 rings (SSSR count). The summed E-state index contributed by atoms with van der Waals surface area (Å²) in [6.07, 6.45) is 1.03. The average Bonchev–Trinajstić information content (AvgIpc) is 3.63. The Hall–Kier alpha value is -3.09. The summed E-state index contributed by atoms with van der Waals surface area (Å²) in [5.74, 6) is 0.0555. The number of nitrogens with one attached hydrogen (secondary N) is 1. The zero-order valence-electron chi connectivity index (χ0n) is 22.5. The first-order valence-electron chi connectivity index (χ1n) is 13.5. The summed E-state index contributed by atoms with van der Waals surface area (Å²) in [6, 6.07) is 9.18. The lowest BCUT2D eigenvalue weighted by molar-refractivity contribution is -0.211. The number of anilines is 2. The Balaban J connectivity index is 0.000000155. The Kier molecular flexibility index (Phi) is 8.67. The van der Waals surface area contributed by atoms with Gasteiger partial charge >= 0.3 is 0 Å². The first-order chi connectivity index (χ1) is 19.4. The van der Waals surface area contributed by atoms with Gasteiger partial charge < -0.3 is 28.7 Å². The molecule has 0 amide bonds. The second kappa shape index (κ2) is 12.2. The van der Waals surface area contributed by atoms with Crippen molar-refractivity contribution in [3.63, 3.8) is 0 Å². The quantitative estimate of drug-likeness (QED) is 0.313. The summed E-state index contributed by atoms with van der Waals surface area (Å²) >= 11 is 3.37. The van der Waals surface area contributed by atoms with Gasteiger partial charge in [-0.1, -0.05) is 26.0 Å². The first kappa shape index (κ1) is 28.4. The third-order valence-electron chi connectivity index (χ3n) is 6.99. The number of para-hydroxylation sites is 1. The largest absolute Gasteiger partial charge is 0.450 e. The van der Waals surface area contributed by atoms with Crippen LogP contribution in [0.3, 0.4) is 0 Å². The van der Waals surface area contributed by atoms with Crippen LogP contribution in [0.5, 0.6) is 0 Å². The molecule has 1 aromatic carbocycles. The van der Waals surface area contributed by atoms with E-state index in [1.54, 1.807) is 6.20 Å². The van der Waals surface area contributed by atoms with Crippen molar-refractivity contribution in [3.05, 3.63) is 57.2 Å². The molecular formula is C28H32BrF2N5O4. The Bertz CT molecular complexity index is 1520. The third-order valence-corrected chi connectivity index (χ3v) is 7.45. The number of morpholine rings is 1. The van der Waals surface area contributed by atoms with Crippen LogP contribution in [0.1, 0.15) is 38.9 Å². The zero-order chi connectivity index (χ0) is 28.3. The van der Waals surface area contributed by atoms with Crippen LogP contribution in [0.15, 0.2) is 50.2 Å². The highest BCUT2D eigenvalue weighted by Gasteiger charge is 2.44. The van der Waals surface area contributed by atoms with Gasteiger partial charge in [0.15, 0.2) is 17.2 Å². The highest BCUT2D eigenvalue weighted by molar-refractivity contribution is 9.10. The molecule has 40 heavy (non-hydrogen) atoms. The Morgan fingerprint density at radius 1 is 1.07 bits per heavy atom. The van der Waals surface area contributed by atoms with Crippen LogP contribution in [0.2, 0.25) is 0 Å². The van der Waals surface area contributed by atoms with Gasteiger partial charge in [0.1, 0.15) is 22.4 Å². The number of fused-ring (bicyclic) bond motifs is 3. The molecule has 6 heterocycles. The van der Waals surface area contributed by atoms with E-state index in [9.17, 15) is 13.6 Å². The second-order valence-electron chi connectivity index (χ2n) is 9.65. The van der Waals surface area contributed by atoms with E-state index in [0.29, 0.717) is 54.6 Å². The molecule has 3 aliphatic rings. The lowest BCUT2D eigenvalue weighted by atomic mass is 9.99. The monoisotopic (exact) mass is 619 g/mol. The minimum atomic E-state index is -2.69. The number of benzene rings is 1. The van der Waals surface area contributed by atoms with Crippen LogP contribution in [-0.4, -0.2) is 66.6 Å². The number of rotatable bonds is 3. The normalized spacial score (nSPS) is 17.9. The first-order valence-corrected chi connectivity index (χ1v) is 14.3. The molecule has 214 valence electrons. The van der Waals surface area contributed by atoms with Crippen molar-refractivity contribution in [2.75, 3.05) is 55.8 Å². The van der Waals surface area contributed by atoms with E-state index in [0.717, 1.165) is 42.3 Å². The molecule has 4 aromatic rings. The maximum Gasteiger partial charge on any atom is 0.297 e. The van der Waals surface area contributed by atoms with Gasteiger partial charge in [-0.3, -0.25) is 4.79 Å². The van der Waals surface area contributed by atoms with Gasteiger partial charge in [0.25, 0.3) is 12.0 Å². The number of pyridine rings is 1. The van der Waals surface area contributed by atoms with Crippen molar-refractivity contribution in [2.45, 2.75) is 38.7 Å². The number of halogens is 3. The zero-order valence-corrected chi connectivity index (χ0v) is 24.0. The molecule has 12 heteroatoms. The van der Waals surface area contributed by atoms with E-state index in [1.165, 1.54) is 0 Å². The number of aromatic amines is 1. The molecular weight excluding hydrogens is 588 g/mol. The predicted octanol–water partition coefficient (Wildman–Crippen LogP) is 5.68. The Morgan fingerprint density at radius 3 is 2.52 bits per heavy atom. The van der Waals surface area contributed by atoms with E-state index in [-0.39, 0.29) is 11.2 Å². The standard InChI is InChI=1S/C15H13F2N3O.C11H13BrN2O3.C2H6/c16-13(17)14-18-11-9-5-1-2-6-10(9)21-12(11)15(19-14)20-7-3-4-8-20;12-8-3-9(10(15)13-4-8)14-1-2-17-11(5-14)6-16-7-11;1-2/h1-2,5-6,13H,3-4,7-8H2;3-4H,1-2,5-7H2,(H,13,15);1-2H3. The smallest absolute Gasteiger partial charge is 0.297 e. The molecule has 3 fully saturated rings. The van der Waals surface area contributed by atoms with Crippen molar-refractivity contribution in [1.82, 2.24) is 15.0 Å². The van der Waals surface area contributed by atoms with Crippen molar-refractivity contribution in [2.24, 2.45) is 0 Å². The number of H-pyrrole nitrogens is 1. The highest BCUT2D eigenvalue weighted by Crippen LogP contribution is 2.35. The number of hydrogen-bond donors (Lipinski definition) is 1. The molecule has 1 N–H and O–H groups in total. The summed E-state index contributed by atoms with van der Waals surface area (Å²) < 4.78 is 43.8. The van der Waals surface area contributed by atoms with Gasteiger partial charge in [-0.2, -0.15) is 0 Å². The summed E-state index contributed by atoms with van der Waals surface area (Å²) in [4.78, 5) is 26.6. The van der Waals surface area contributed by atoms with Gasteiger partial charge in [0.2, 0.25) is 0 Å². The van der Waals surface area contributed by atoms with Crippen molar-refractivity contribution in [3.8, 4) is 0 Å². The van der Waals surface area contributed by atoms with Crippen molar-refractivity contribution in [1.29, 1.82) is 0 Å². The van der Waals surface area contributed by atoms with Gasteiger partial charge in [-0.05, 0) is 47.0 Å². The van der Waals surface area contributed by atoms with E-state index in [2.05, 4.69) is 35.8 Å². The van der Waals surface area contributed by atoms with Crippen LogP contribution in [0, 0.1) is 0 Å². The lowest BCUT2D eigenvalue weighted by Gasteiger charge is -2.48. The number of nitrogens with zero attached hydrogens (tertiary/aromatic N) is 4. The fourth-order valence-corrected chi connectivity index (χ4v) is 5.40. The van der Waals surface area contributed by atoms with Crippen LogP contribution in [0.25, 0.3) is 22.1 Å². The summed E-state index contributed by atoms with van der Waals surface area (Å²) in [5, 5.41) is 0.747. The van der Waals surface area contributed by atoms with Gasteiger partial charge in [0.05, 0.1) is 26.4 Å². The summed E-state index contributed by atoms with van der Waals surface area (Å²) in [5.41, 5.74) is 2.04. The molecule has 1 spiro atoms. The number of alkyl halides is 2. The summed E-state index contributed by atoms with van der Waals surface area (Å²) in [6.45, 7) is 8.95. The SMILES string of the molecule is CC.FC(F)c1nc(N2CCCC2)c2oc3ccccc3c2n1.O=c1[nH]cc(Br)cc1N1CCOC2(COC2)C1. The maximum atomic E-state index is 13.1. The third kappa shape index (κ3) is 5.70. The molecule has 3 aliphatic heterocycles. The van der Waals surface area contributed by atoms with Crippen molar-refractivity contribution < 1.29 is 22.7 Å². The van der Waals surface area contributed by atoms with E-state index >= 15 is 0 Å². The van der Waals surface area contributed by atoms with Crippen LogP contribution < -0.4 is 15.4 Å². The summed E-state index contributed by atoms with van der Waals surface area (Å²) in [7, 11) is 0. The molecule has 0 unspecified atom stereocenters. The number of ether oxygens (including phenoxy) is 2. The van der Waals surface area contributed by atoms with E-state index in [1.807, 2.05) is 49.1 Å². The van der Waals surface area contributed by atoms with E-state index in [4.69, 9.17) is 13.9 Å². The fourth-order valence-electron chi connectivity index (χ4n) is 5.07. The molecule has 0 saturated carbocycles. The Morgan fingerprint density at radius 2 is 1.82 bits per heavy atom. The predicted molar refractivity (Wildman–Crippen MR) is 154 cm³/mol. The topological polar surface area (TPSA) is 96.7 Å². The lowest BCUT2D eigenvalue weighted by Crippen LogP contribution is -2.63. The Labute approximate surface area is 238 Å². The van der Waals surface area contributed by atoms with Gasteiger partial charge in [-0.15, -0.1) is 0 Å². The minimum absolute atomic E-state index is 0.0644.